The second-order valence-corrected chi connectivity index (χ2v) is 6.95. The Morgan fingerprint density at radius 3 is 2.95 bits per heavy atom. The number of carbonyl (C=O) groups excluding carboxylic acids is 1. The van der Waals surface area contributed by atoms with E-state index in [9.17, 15) is 10.1 Å². The minimum atomic E-state index is -0.633. The third-order valence-electron chi connectivity index (χ3n) is 3.86. The number of fused-ring (bicyclic) bond motifs is 2. The molecule has 2 aliphatic heterocycles. The molecular weight excluding hydrogens is 373 g/mol. The summed E-state index contributed by atoms with van der Waals surface area (Å²) in [5, 5.41) is 12.2. The van der Waals surface area contributed by atoms with Crippen LogP contribution in [0.15, 0.2) is 24.3 Å². The molecule has 6 heteroatoms. The van der Waals surface area contributed by atoms with Crippen molar-refractivity contribution in [2.45, 2.75) is 17.9 Å². The van der Waals surface area contributed by atoms with Gasteiger partial charge in [-0.2, -0.15) is 5.26 Å². The second kappa shape index (κ2) is 4.42. The van der Waals surface area contributed by atoms with Gasteiger partial charge in [0.05, 0.1) is 11.5 Å². The van der Waals surface area contributed by atoms with Crippen molar-refractivity contribution in [3.8, 4) is 6.07 Å². The number of amides is 1. The Kier molecular flexibility index (Phi) is 2.98. The molecule has 1 N–H and O–H groups in total. The fourth-order valence-corrected chi connectivity index (χ4v) is 3.64. The molecule has 19 heavy (non-hydrogen) atoms. The van der Waals surface area contributed by atoms with Gasteiger partial charge in [0.15, 0.2) is 0 Å². The Bertz CT molecular complexity index is 627. The standard InChI is InChI=1S/C13H10IN3OS/c14-12(19)17-7-13(5-8(17)6-15)9-3-1-2-4-10(9)16-11(13)18/h1-4,8H,5,7H2,(H,16,18). The highest BCUT2D eigenvalue weighted by atomic mass is 127. The normalized spacial score (nSPS) is 28.1. The number of nitrogens with one attached hydrogen (secondary N) is 1. The summed E-state index contributed by atoms with van der Waals surface area (Å²) >= 11 is 7.22. The molecule has 1 saturated heterocycles. The molecule has 1 aromatic carbocycles. The Morgan fingerprint density at radius 1 is 1.58 bits per heavy atom. The second-order valence-electron chi connectivity index (χ2n) is 4.81. The molecule has 2 unspecified atom stereocenters. The van der Waals surface area contributed by atoms with Crippen LogP contribution in [-0.2, 0) is 10.2 Å². The highest BCUT2D eigenvalue weighted by molar-refractivity contribution is 14.1. The zero-order valence-corrected chi connectivity index (χ0v) is 12.9. The topological polar surface area (TPSA) is 56.1 Å². The van der Waals surface area contributed by atoms with Crippen molar-refractivity contribution in [2.24, 2.45) is 0 Å². The van der Waals surface area contributed by atoms with E-state index in [0.717, 1.165) is 11.3 Å². The van der Waals surface area contributed by atoms with Crippen LogP contribution in [0.4, 0.5) is 5.69 Å². The lowest BCUT2D eigenvalue weighted by molar-refractivity contribution is -0.120. The molecule has 2 heterocycles. The predicted molar refractivity (Wildman–Crippen MR) is 84.1 cm³/mol. The number of anilines is 1. The largest absolute Gasteiger partial charge is 0.340 e. The lowest BCUT2D eigenvalue weighted by Crippen LogP contribution is -2.38. The van der Waals surface area contributed by atoms with Gasteiger partial charge in [-0.15, -0.1) is 0 Å². The summed E-state index contributed by atoms with van der Waals surface area (Å²) < 4.78 is 0.637. The van der Waals surface area contributed by atoms with Crippen LogP contribution >= 0.6 is 34.8 Å². The quantitative estimate of drug-likeness (QED) is 0.323. The highest BCUT2D eigenvalue weighted by Gasteiger charge is 2.55. The van der Waals surface area contributed by atoms with Crippen LogP contribution in [0.1, 0.15) is 12.0 Å². The van der Waals surface area contributed by atoms with Crippen LogP contribution in [-0.4, -0.2) is 26.4 Å². The van der Waals surface area contributed by atoms with Gasteiger partial charge in [0, 0.05) is 18.7 Å². The first-order valence-electron chi connectivity index (χ1n) is 5.85. The van der Waals surface area contributed by atoms with E-state index < -0.39 is 5.41 Å². The number of nitriles is 1. The Balaban J connectivity index is 2.09. The average Bonchev–Trinajstić information content (AvgIpc) is 2.91. The van der Waals surface area contributed by atoms with Crippen LogP contribution in [0.3, 0.4) is 0 Å². The van der Waals surface area contributed by atoms with Gasteiger partial charge in [0.2, 0.25) is 5.91 Å². The van der Waals surface area contributed by atoms with E-state index in [0.29, 0.717) is 16.0 Å². The number of nitrogens with zero attached hydrogens (tertiary/aromatic N) is 2. The summed E-state index contributed by atoms with van der Waals surface area (Å²) in [4.78, 5) is 14.2. The lowest BCUT2D eigenvalue weighted by Gasteiger charge is -2.22. The van der Waals surface area contributed by atoms with E-state index >= 15 is 0 Å². The number of hydrogen-bond acceptors (Lipinski definition) is 3. The Labute approximate surface area is 129 Å². The van der Waals surface area contributed by atoms with Crippen LogP contribution in [0, 0.1) is 11.3 Å². The zero-order valence-electron chi connectivity index (χ0n) is 9.89. The molecule has 1 aromatic rings. The van der Waals surface area contributed by atoms with Gasteiger partial charge in [-0.25, -0.2) is 0 Å². The molecule has 3 rings (SSSR count). The van der Waals surface area contributed by atoms with E-state index in [4.69, 9.17) is 12.2 Å². The summed E-state index contributed by atoms with van der Waals surface area (Å²) in [5.74, 6) is -0.0240. The molecule has 1 amide bonds. The fraction of sp³-hybridized carbons (Fsp3) is 0.308. The average molecular weight is 383 g/mol. The number of halogens is 1. The van der Waals surface area contributed by atoms with Gasteiger partial charge in [0.25, 0.3) is 0 Å². The minimum Gasteiger partial charge on any atom is -0.340 e. The molecule has 0 aliphatic carbocycles. The first-order chi connectivity index (χ1) is 9.08. The maximum atomic E-state index is 12.4. The zero-order chi connectivity index (χ0) is 13.6. The number of hydrogen-bond donors (Lipinski definition) is 1. The van der Waals surface area contributed by atoms with Crippen molar-refractivity contribution in [3.63, 3.8) is 0 Å². The van der Waals surface area contributed by atoms with Crippen molar-refractivity contribution < 1.29 is 4.79 Å². The molecule has 96 valence electrons. The molecule has 2 atom stereocenters. The van der Waals surface area contributed by atoms with Crippen molar-refractivity contribution in [2.75, 3.05) is 11.9 Å². The van der Waals surface area contributed by atoms with Gasteiger partial charge in [-0.1, -0.05) is 30.4 Å². The highest BCUT2D eigenvalue weighted by Crippen LogP contribution is 2.46. The molecule has 1 fully saturated rings. The van der Waals surface area contributed by atoms with Crippen LogP contribution in [0.25, 0.3) is 0 Å². The molecule has 0 aromatic heterocycles. The van der Waals surface area contributed by atoms with Crippen molar-refractivity contribution in [1.82, 2.24) is 4.90 Å². The number of carbonyl (C=O) groups is 1. The molecule has 4 nitrogen and oxygen atoms in total. The third-order valence-corrected chi connectivity index (χ3v) is 4.71. The van der Waals surface area contributed by atoms with E-state index in [2.05, 4.69) is 11.4 Å². The van der Waals surface area contributed by atoms with Gasteiger partial charge in [-0.05, 0) is 34.2 Å². The number of rotatable bonds is 0. The smallest absolute Gasteiger partial charge is 0.237 e. The van der Waals surface area contributed by atoms with Crippen LogP contribution in [0.2, 0.25) is 0 Å². The summed E-state index contributed by atoms with van der Waals surface area (Å²) in [7, 11) is 0. The number of para-hydroxylation sites is 1. The van der Waals surface area contributed by atoms with Gasteiger partial charge in [0.1, 0.15) is 9.04 Å². The maximum absolute atomic E-state index is 12.4. The summed E-state index contributed by atoms with van der Waals surface area (Å²) in [5.41, 5.74) is 1.20. The lowest BCUT2D eigenvalue weighted by atomic mass is 9.80. The number of benzene rings is 1. The molecule has 2 aliphatic rings. The van der Waals surface area contributed by atoms with Gasteiger partial charge < -0.3 is 10.2 Å². The first kappa shape index (κ1) is 12.8. The molecule has 0 bridgehead atoms. The Hall–Kier alpha value is -1.20. The van der Waals surface area contributed by atoms with E-state index in [1.54, 1.807) is 0 Å². The molecule has 0 radical (unpaired) electrons. The molecule has 1 spiro atoms. The molecule has 0 saturated carbocycles. The SMILES string of the molecule is N#CC1CC2(CN1C(=S)I)C(=O)Nc1ccccc12. The van der Waals surface area contributed by atoms with Crippen molar-refractivity contribution in [3.05, 3.63) is 29.8 Å². The number of thiocarbonyl (C=S) groups is 1. The monoisotopic (exact) mass is 383 g/mol. The van der Waals surface area contributed by atoms with Crippen LogP contribution < -0.4 is 5.32 Å². The van der Waals surface area contributed by atoms with Gasteiger partial charge >= 0.3 is 0 Å². The van der Waals surface area contributed by atoms with Crippen LogP contribution in [0.5, 0.6) is 0 Å². The third kappa shape index (κ3) is 1.75. The fourth-order valence-electron chi connectivity index (χ4n) is 2.94. The summed E-state index contributed by atoms with van der Waals surface area (Å²) in [6, 6.07) is 9.60. The van der Waals surface area contributed by atoms with Crippen molar-refractivity contribution in [1.29, 1.82) is 5.26 Å². The van der Waals surface area contributed by atoms with E-state index in [-0.39, 0.29) is 11.9 Å². The van der Waals surface area contributed by atoms with E-state index in [1.165, 1.54) is 0 Å². The van der Waals surface area contributed by atoms with E-state index in [1.807, 2.05) is 51.8 Å². The summed E-state index contributed by atoms with van der Waals surface area (Å²) in [6.07, 6.45) is 0.496. The molecular formula is C13H10IN3OS. The number of likely N-dealkylation sites (tertiary alicyclic amines) is 1. The minimum absolute atomic E-state index is 0.0240. The maximum Gasteiger partial charge on any atom is 0.237 e. The van der Waals surface area contributed by atoms with Crippen molar-refractivity contribution >= 4 is 49.4 Å². The van der Waals surface area contributed by atoms with Gasteiger partial charge in [-0.3, -0.25) is 4.79 Å². The summed E-state index contributed by atoms with van der Waals surface area (Å²) in [6.45, 7) is 0.482. The Morgan fingerprint density at radius 2 is 2.32 bits per heavy atom. The first-order valence-corrected chi connectivity index (χ1v) is 7.34. The predicted octanol–water partition coefficient (Wildman–Crippen LogP) is 2.19.